The average molecular weight is 386 g/mol. The summed E-state index contributed by atoms with van der Waals surface area (Å²) in [7, 11) is 3.19. The predicted molar refractivity (Wildman–Crippen MR) is 104 cm³/mol. The highest BCUT2D eigenvalue weighted by molar-refractivity contribution is 5.99. The summed E-state index contributed by atoms with van der Waals surface area (Å²) in [4.78, 5) is 41.9. The molecule has 1 heterocycles. The zero-order valence-corrected chi connectivity index (χ0v) is 17.0. The molecular weight excluding hydrogens is 360 g/mol. The van der Waals surface area contributed by atoms with Crippen LogP contribution in [-0.2, 0) is 14.3 Å². The van der Waals surface area contributed by atoms with Gasteiger partial charge in [-0.15, -0.1) is 0 Å². The third-order valence-electron chi connectivity index (χ3n) is 4.18. The van der Waals surface area contributed by atoms with Crippen LogP contribution >= 0.6 is 0 Å². The molecule has 150 valence electrons. The van der Waals surface area contributed by atoms with Crippen LogP contribution in [0, 0.1) is 13.8 Å². The van der Waals surface area contributed by atoms with Crippen molar-refractivity contribution in [2.24, 2.45) is 0 Å². The minimum absolute atomic E-state index is 0.126. The van der Waals surface area contributed by atoms with Crippen molar-refractivity contribution in [1.29, 1.82) is 0 Å². The number of rotatable bonds is 6. The number of ether oxygens (including phenoxy) is 2. The van der Waals surface area contributed by atoms with Crippen molar-refractivity contribution in [3.05, 3.63) is 58.4 Å². The first-order chi connectivity index (χ1) is 13.1. The number of hydrogen-bond donors (Lipinski definition) is 1. The molecule has 1 aromatic heterocycles. The fourth-order valence-electron chi connectivity index (χ4n) is 2.82. The number of carbonyl (C=O) groups is 3. The van der Waals surface area contributed by atoms with Gasteiger partial charge in [0, 0.05) is 25.4 Å². The van der Waals surface area contributed by atoms with Crippen LogP contribution in [0.4, 0.5) is 0 Å². The van der Waals surface area contributed by atoms with Gasteiger partial charge in [0.2, 0.25) is 6.10 Å². The Morgan fingerprint density at radius 3 is 2.11 bits per heavy atom. The fraction of sp³-hybridized carbons (Fsp3) is 0.381. The Balaban J connectivity index is 2.34. The monoisotopic (exact) mass is 386 g/mol. The van der Waals surface area contributed by atoms with Crippen molar-refractivity contribution >= 4 is 17.8 Å². The zero-order chi connectivity index (χ0) is 21.0. The van der Waals surface area contributed by atoms with Crippen molar-refractivity contribution in [3.8, 4) is 0 Å². The number of hydrogen-bond acceptors (Lipinski definition) is 5. The number of benzene rings is 1. The van der Waals surface area contributed by atoms with Gasteiger partial charge in [-0.3, -0.25) is 4.79 Å². The number of nitrogens with zero attached hydrogens (tertiary/aromatic N) is 1. The number of amides is 1. The first-order valence-electron chi connectivity index (χ1n) is 9.00. The topological polar surface area (TPSA) is 88.7 Å². The molecular formula is C21H26N2O5. The maximum atomic E-state index is 12.8. The SMILES string of the molecule is Cc1[nH]c(C(=O)O[C@H](C(=O)N(C)C)c2ccccc2)c(C)c1C(=O)OC(C)C. The molecule has 1 N–H and O–H groups in total. The standard InChI is InChI=1S/C21H26N2O5/c1-12(2)27-20(25)16-13(3)17(22-14(16)4)21(26)28-18(19(24)23(5)6)15-10-8-7-9-11-15/h7-12,18,22H,1-6H3/t18-/m0/s1. The summed E-state index contributed by atoms with van der Waals surface area (Å²) in [6.07, 6.45) is -1.37. The molecule has 1 amide bonds. The van der Waals surface area contributed by atoms with E-state index in [1.54, 1.807) is 66.1 Å². The minimum Gasteiger partial charge on any atom is -0.459 e. The van der Waals surface area contributed by atoms with E-state index in [-0.39, 0.29) is 17.7 Å². The summed E-state index contributed by atoms with van der Waals surface area (Å²) in [5.41, 5.74) is 1.93. The van der Waals surface area contributed by atoms with Gasteiger partial charge in [-0.2, -0.15) is 0 Å². The van der Waals surface area contributed by atoms with Gasteiger partial charge in [0.25, 0.3) is 5.91 Å². The fourth-order valence-corrected chi connectivity index (χ4v) is 2.82. The molecule has 28 heavy (non-hydrogen) atoms. The van der Waals surface area contributed by atoms with E-state index in [0.717, 1.165) is 0 Å². The van der Waals surface area contributed by atoms with Gasteiger partial charge in [-0.05, 0) is 33.3 Å². The zero-order valence-electron chi connectivity index (χ0n) is 17.0. The number of aromatic amines is 1. The molecule has 0 aliphatic heterocycles. The number of aryl methyl sites for hydroxylation is 1. The van der Waals surface area contributed by atoms with Crippen LogP contribution in [0.2, 0.25) is 0 Å². The molecule has 0 aliphatic carbocycles. The largest absolute Gasteiger partial charge is 0.459 e. The highest BCUT2D eigenvalue weighted by Gasteiger charge is 2.30. The Morgan fingerprint density at radius 2 is 1.57 bits per heavy atom. The Hall–Kier alpha value is -3.09. The Kier molecular flexibility index (Phi) is 6.62. The highest BCUT2D eigenvalue weighted by atomic mass is 16.6. The van der Waals surface area contributed by atoms with E-state index < -0.39 is 18.0 Å². The van der Waals surface area contributed by atoms with Crippen molar-refractivity contribution in [2.45, 2.75) is 39.9 Å². The number of carbonyl (C=O) groups excluding carboxylic acids is 3. The van der Waals surface area contributed by atoms with Gasteiger partial charge in [0.1, 0.15) is 5.69 Å². The van der Waals surface area contributed by atoms with Crippen molar-refractivity contribution in [3.63, 3.8) is 0 Å². The van der Waals surface area contributed by atoms with Crippen LogP contribution in [0.25, 0.3) is 0 Å². The Labute approximate surface area is 164 Å². The lowest BCUT2D eigenvalue weighted by molar-refractivity contribution is -0.138. The average Bonchev–Trinajstić information content (AvgIpc) is 2.93. The van der Waals surface area contributed by atoms with E-state index in [4.69, 9.17) is 9.47 Å². The van der Waals surface area contributed by atoms with Crippen LogP contribution in [0.1, 0.15) is 57.6 Å². The maximum absolute atomic E-state index is 12.8. The van der Waals surface area contributed by atoms with E-state index in [1.807, 2.05) is 6.07 Å². The lowest BCUT2D eigenvalue weighted by Crippen LogP contribution is -2.31. The number of aromatic nitrogens is 1. The number of nitrogens with one attached hydrogen (secondary N) is 1. The molecule has 7 heteroatoms. The lowest BCUT2D eigenvalue weighted by Gasteiger charge is -2.21. The summed E-state index contributed by atoms with van der Waals surface area (Å²) in [6, 6.07) is 8.79. The Bertz CT molecular complexity index is 868. The summed E-state index contributed by atoms with van der Waals surface area (Å²) in [6.45, 7) is 6.83. The van der Waals surface area contributed by atoms with Gasteiger partial charge in [-0.1, -0.05) is 30.3 Å². The molecule has 0 spiro atoms. The molecule has 2 rings (SSSR count). The highest BCUT2D eigenvalue weighted by Crippen LogP contribution is 2.25. The first kappa shape index (κ1) is 21.2. The van der Waals surface area contributed by atoms with Gasteiger partial charge >= 0.3 is 11.9 Å². The van der Waals surface area contributed by atoms with Crippen molar-refractivity contribution < 1.29 is 23.9 Å². The second-order valence-corrected chi connectivity index (χ2v) is 7.01. The van der Waals surface area contributed by atoms with Gasteiger partial charge in [-0.25, -0.2) is 9.59 Å². The minimum atomic E-state index is -1.09. The molecule has 0 aliphatic rings. The van der Waals surface area contributed by atoms with Gasteiger partial charge in [0.15, 0.2) is 0 Å². The summed E-state index contributed by atoms with van der Waals surface area (Å²) in [5.74, 6) is -1.59. The summed E-state index contributed by atoms with van der Waals surface area (Å²) < 4.78 is 10.8. The molecule has 7 nitrogen and oxygen atoms in total. The molecule has 0 saturated carbocycles. The lowest BCUT2D eigenvalue weighted by atomic mass is 10.1. The maximum Gasteiger partial charge on any atom is 0.356 e. The van der Waals surface area contributed by atoms with Gasteiger partial charge < -0.3 is 19.4 Å². The molecule has 0 unspecified atom stereocenters. The number of esters is 2. The summed E-state index contributed by atoms with van der Waals surface area (Å²) in [5, 5.41) is 0. The first-order valence-corrected chi connectivity index (χ1v) is 9.00. The van der Waals surface area contributed by atoms with Crippen LogP contribution in [0.5, 0.6) is 0 Å². The molecule has 0 radical (unpaired) electrons. The second-order valence-electron chi connectivity index (χ2n) is 7.01. The second kappa shape index (κ2) is 8.73. The summed E-state index contributed by atoms with van der Waals surface area (Å²) >= 11 is 0. The quantitative estimate of drug-likeness (QED) is 0.770. The third-order valence-corrected chi connectivity index (χ3v) is 4.18. The molecule has 1 aromatic carbocycles. The normalized spacial score (nSPS) is 11.8. The Morgan fingerprint density at radius 1 is 0.964 bits per heavy atom. The van der Waals surface area contributed by atoms with E-state index in [2.05, 4.69) is 4.98 Å². The predicted octanol–water partition coefficient (Wildman–Crippen LogP) is 3.18. The smallest absolute Gasteiger partial charge is 0.356 e. The van der Waals surface area contributed by atoms with Crippen molar-refractivity contribution in [1.82, 2.24) is 9.88 Å². The molecule has 0 bridgehead atoms. The van der Waals surface area contributed by atoms with Crippen LogP contribution in [0.15, 0.2) is 30.3 Å². The van der Waals surface area contributed by atoms with E-state index in [9.17, 15) is 14.4 Å². The van der Waals surface area contributed by atoms with E-state index in [1.165, 1.54) is 4.90 Å². The third kappa shape index (κ3) is 4.60. The van der Waals surface area contributed by atoms with Crippen molar-refractivity contribution in [2.75, 3.05) is 14.1 Å². The van der Waals surface area contributed by atoms with Gasteiger partial charge in [0.05, 0.1) is 11.7 Å². The van der Waals surface area contributed by atoms with E-state index >= 15 is 0 Å². The molecule has 2 aromatic rings. The number of likely N-dealkylation sites (N-methyl/N-ethyl adjacent to an activating group) is 1. The van der Waals surface area contributed by atoms with Crippen LogP contribution in [0.3, 0.4) is 0 Å². The number of H-pyrrole nitrogens is 1. The molecule has 0 saturated heterocycles. The van der Waals surface area contributed by atoms with Crippen LogP contribution < -0.4 is 0 Å². The molecule has 0 fully saturated rings. The van der Waals surface area contributed by atoms with E-state index in [0.29, 0.717) is 22.4 Å². The molecule has 1 atom stereocenters. The van der Waals surface area contributed by atoms with Crippen LogP contribution in [-0.4, -0.2) is 47.9 Å².